The molecule has 7 aromatic carbocycles. The molecule has 0 saturated carbocycles. The summed E-state index contributed by atoms with van der Waals surface area (Å²) in [4.78, 5) is 7.00. The highest BCUT2D eigenvalue weighted by molar-refractivity contribution is 6.09. The number of anilines is 3. The highest BCUT2D eigenvalue weighted by Gasteiger charge is 2.17. The van der Waals surface area contributed by atoms with E-state index in [0.717, 1.165) is 55.7 Å². The number of hydrogen-bond acceptors (Lipinski definition) is 4. The van der Waals surface area contributed by atoms with E-state index in [9.17, 15) is 0 Å². The van der Waals surface area contributed by atoms with Crippen LogP contribution in [0, 0.1) is 0 Å². The van der Waals surface area contributed by atoms with E-state index in [-0.39, 0.29) is 0 Å². The lowest BCUT2D eigenvalue weighted by Gasteiger charge is -2.25. The molecule has 45 heavy (non-hydrogen) atoms. The first-order chi connectivity index (χ1) is 22.3. The van der Waals surface area contributed by atoms with Crippen molar-refractivity contribution < 1.29 is 8.83 Å². The summed E-state index contributed by atoms with van der Waals surface area (Å²) in [5, 5.41) is 4.53. The molecule has 0 aliphatic rings. The number of fused-ring (bicyclic) bond motifs is 5. The Balaban J connectivity index is 1.11. The minimum atomic E-state index is 0.606. The third-order valence-electron chi connectivity index (χ3n) is 8.47. The molecule has 9 rings (SSSR count). The number of hydrogen-bond donors (Lipinski definition) is 0. The Labute approximate surface area is 259 Å². The van der Waals surface area contributed by atoms with Gasteiger partial charge in [-0.25, -0.2) is 4.98 Å². The SMILES string of the molecule is c1ccc(-c2nc3cc4oc5cc(N(c6ccccc6)c6ccc(-c7ccc8ccccc8c7)cc6)ccc5c4cc3o2)cc1. The van der Waals surface area contributed by atoms with Gasteiger partial charge in [-0.3, -0.25) is 0 Å². The summed E-state index contributed by atoms with van der Waals surface area (Å²) in [7, 11) is 0. The van der Waals surface area contributed by atoms with Crippen molar-refractivity contribution in [2.24, 2.45) is 0 Å². The summed E-state index contributed by atoms with van der Waals surface area (Å²) in [6.07, 6.45) is 0. The molecule has 0 spiro atoms. The van der Waals surface area contributed by atoms with Crippen LogP contribution in [0.15, 0.2) is 167 Å². The van der Waals surface area contributed by atoms with Crippen LogP contribution >= 0.6 is 0 Å². The Morgan fingerprint density at radius 1 is 0.400 bits per heavy atom. The fraction of sp³-hybridized carbons (Fsp3) is 0. The quantitative estimate of drug-likeness (QED) is 0.204. The van der Waals surface area contributed by atoms with E-state index in [4.69, 9.17) is 13.8 Å². The Kier molecular flexibility index (Phi) is 5.78. The Morgan fingerprint density at radius 3 is 1.89 bits per heavy atom. The molecule has 2 aromatic heterocycles. The summed E-state index contributed by atoms with van der Waals surface area (Å²) in [5.41, 5.74) is 9.60. The second kappa shape index (κ2) is 10.2. The van der Waals surface area contributed by atoms with Gasteiger partial charge >= 0.3 is 0 Å². The minimum Gasteiger partial charge on any atom is -0.456 e. The van der Waals surface area contributed by atoms with E-state index in [1.165, 1.54) is 21.9 Å². The fourth-order valence-electron chi connectivity index (χ4n) is 6.23. The third-order valence-corrected chi connectivity index (χ3v) is 8.47. The van der Waals surface area contributed by atoms with Crippen LogP contribution in [-0.4, -0.2) is 4.98 Å². The lowest BCUT2D eigenvalue weighted by atomic mass is 10.0. The fourth-order valence-corrected chi connectivity index (χ4v) is 6.23. The van der Waals surface area contributed by atoms with E-state index < -0.39 is 0 Å². The molecule has 9 aromatic rings. The smallest absolute Gasteiger partial charge is 0.227 e. The largest absolute Gasteiger partial charge is 0.456 e. The molecular formula is C41H26N2O2. The highest BCUT2D eigenvalue weighted by Crippen LogP contribution is 2.40. The van der Waals surface area contributed by atoms with Crippen LogP contribution in [0.4, 0.5) is 17.1 Å². The number of oxazole rings is 1. The van der Waals surface area contributed by atoms with Gasteiger partial charge in [0, 0.05) is 45.5 Å². The van der Waals surface area contributed by atoms with E-state index >= 15 is 0 Å². The predicted molar refractivity (Wildman–Crippen MR) is 184 cm³/mol. The predicted octanol–water partition coefficient (Wildman–Crippen LogP) is 11.7. The highest BCUT2D eigenvalue weighted by atomic mass is 16.4. The van der Waals surface area contributed by atoms with Gasteiger partial charge in [0.25, 0.3) is 0 Å². The van der Waals surface area contributed by atoms with Crippen molar-refractivity contribution in [2.75, 3.05) is 4.90 Å². The van der Waals surface area contributed by atoms with Crippen LogP contribution in [-0.2, 0) is 0 Å². The average Bonchev–Trinajstić information content (AvgIpc) is 3.68. The van der Waals surface area contributed by atoms with Crippen LogP contribution in [0.3, 0.4) is 0 Å². The number of para-hydroxylation sites is 1. The molecule has 212 valence electrons. The van der Waals surface area contributed by atoms with Crippen molar-refractivity contribution in [1.82, 2.24) is 4.98 Å². The van der Waals surface area contributed by atoms with Gasteiger partial charge in [-0.15, -0.1) is 0 Å². The van der Waals surface area contributed by atoms with Crippen LogP contribution in [0.5, 0.6) is 0 Å². The normalized spacial score (nSPS) is 11.6. The summed E-state index contributed by atoms with van der Waals surface area (Å²) in [6.45, 7) is 0. The molecule has 0 fully saturated rings. The molecule has 0 aliphatic carbocycles. The molecule has 0 radical (unpaired) electrons. The zero-order valence-electron chi connectivity index (χ0n) is 24.2. The zero-order valence-corrected chi connectivity index (χ0v) is 24.2. The minimum absolute atomic E-state index is 0.606. The number of aromatic nitrogens is 1. The van der Waals surface area contributed by atoms with Crippen LogP contribution in [0.2, 0.25) is 0 Å². The Bertz CT molecular complexity index is 2480. The van der Waals surface area contributed by atoms with Crippen LogP contribution in [0.1, 0.15) is 0 Å². The molecule has 2 heterocycles. The van der Waals surface area contributed by atoms with Gasteiger partial charge in [-0.05, 0) is 82.6 Å². The van der Waals surface area contributed by atoms with Gasteiger partial charge in [-0.1, -0.05) is 84.9 Å². The van der Waals surface area contributed by atoms with E-state index in [0.29, 0.717) is 5.89 Å². The topological polar surface area (TPSA) is 42.4 Å². The molecule has 0 unspecified atom stereocenters. The van der Waals surface area contributed by atoms with Gasteiger partial charge in [0.1, 0.15) is 16.7 Å². The van der Waals surface area contributed by atoms with Crippen LogP contribution in [0.25, 0.3) is 66.4 Å². The summed E-state index contributed by atoms with van der Waals surface area (Å²) < 4.78 is 12.6. The molecular weight excluding hydrogens is 552 g/mol. The van der Waals surface area contributed by atoms with E-state index in [1.807, 2.05) is 48.5 Å². The molecule has 0 N–H and O–H groups in total. The van der Waals surface area contributed by atoms with Gasteiger partial charge in [0.2, 0.25) is 5.89 Å². The van der Waals surface area contributed by atoms with Gasteiger partial charge in [0.15, 0.2) is 5.58 Å². The van der Waals surface area contributed by atoms with Crippen molar-refractivity contribution in [1.29, 1.82) is 0 Å². The summed E-state index contributed by atoms with van der Waals surface area (Å²) >= 11 is 0. The van der Waals surface area contributed by atoms with Gasteiger partial charge in [0.05, 0.1) is 0 Å². The standard InChI is InChI=1S/C41H26N2O2/c1-3-10-29(11-4-1)41-42-37-26-39-36(25-40(37)45-41)35-22-21-34(24-38(35)44-39)43(32-13-5-2-6-14-32)33-19-17-28(18-20-33)31-16-15-27-9-7-8-12-30(27)23-31/h1-26H. The first-order valence-electron chi connectivity index (χ1n) is 15.0. The maximum absolute atomic E-state index is 6.44. The molecule has 4 nitrogen and oxygen atoms in total. The van der Waals surface area contributed by atoms with Crippen molar-refractivity contribution in [2.45, 2.75) is 0 Å². The van der Waals surface area contributed by atoms with Crippen molar-refractivity contribution in [3.8, 4) is 22.6 Å². The molecule has 0 bridgehead atoms. The molecule has 0 atom stereocenters. The van der Waals surface area contributed by atoms with Crippen molar-refractivity contribution >= 4 is 60.9 Å². The second-order valence-corrected chi connectivity index (χ2v) is 11.3. The van der Waals surface area contributed by atoms with Crippen molar-refractivity contribution in [3.05, 3.63) is 158 Å². The second-order valence-electron chi connectivity index (χ2n) is 11.3. The number of benzene rings is 7. The summed E-state index contributed by atoms with van der Waals surface area (Å²) in [5.74, 6) is 0.606. The van der Waals surface area contributed by atoms with Crippen LogP contribution < -0.4 is 4.90 Å². The molecule has 0 aliphatic heterocycles. The third kappa shape index (κ3) is 4.43. The molecule has 4 heteroatoms. The van der Waals surface area contributed by atoms with Gasteiger partial charge in [-0.2, -0.15) is 0 Å². The first kappa shape index (κ1) is 25.4. The average molecular weight is 579 g/mol. The maximum Gasteiger partial charge on any atom is 0.227 e. The number of rotatable bonds is 5. The maximum atomic E-state index is 6.44. The Morgan fingerprint density at radius 2 is 1.07 bits per heavy atom. The monoisotopic (exact) mass is 578 g/mol. The lowest BCUT2D eigenvalue weighted by Crippen LogP contribution is -2.09. The summed E-state index contributed by atoms with van der Waals surface area (Å²) in [6, 6.07) is 54.7. The number of furan rings is 1. The first-order valence-corrected chi connectivity index (χ1v) is 15.0. The van der Waals surface area contributed by atoms with E-state index in [1.54, 1.807) is 0 Å². The Hall–Kier alpha value is -6.13. The lowest BCUT2D eigenvalue weighted by molar-refractivity contribution is 0.620. The molecule has 0 saturated heterocycles. The zero-order chi connectivity index (χ0) is 29.7. The van der Waals surface area contributed by atoms with Crippen molar-refractivity contribution in [3.63, 3.8) is 0 Å². The van der Waals surface area contributed by atoms with Gasteiger partial charge < -0.3 is 13.7 Å². The van der Waals surface area contributed by atoms with E-state index in [2.05, 4.69) is 114 Å². The number of nitrogens with zero attached hydrogens (tertiary/aromatic N) is 2. The molecule has 0 amide bonds.